The first kappa shape index (κ1) is 8.29. The summed E-state index contributed by atoms with van der Waals surface area (Å²) >= 11 is 0. The summed E-state index contributed by atoms with van der Waals surface area (Å²) < 4.78 is 0. The van der Waals surface area contributed by atoms with E-state index in [1.165, 1.54) is 0 Å². The van der Waals surface area contributed by atoms with Gasteiger partial charge in [0, 0.05) is 25.9 Å². The van der Waals surface area contributed by atoms with E-state index in [-0.39, 0.29) is 11.6 Å². The van der Waals surface area contributed by atoms with Gasteiger partial charge in [-0.3, -0.25) is 9.59 Å². The number of nitrogens with one attached hydrogen (secondary N) is 2. The molecule has 13 heavy (non-hydrogen) atoms. The van der Waals surface area contributed by atoms with Gasteiger partial charge in [0.2, 0.25) is 0 Å². The van der Waals surface area contributed by atoms with Gasteiger partial charge in [0.1, 0.15) is 11.4 Å². The highest BCUT2D eigenvalue weighted by Crippen LogP contribution is 2.18. The fourth-order valence-electron chi connectivity index (χ4n) is 1.71. The first-order valence-corrected chi connectivity index (χ1v) is 4.57. The lowest BCUT2D eigenvalue weighted by molar-refractivity contribution is -0.123. The van der Waals surface area contributed by atoms with Crippen LogP contribution in [0.2, 0.25) is 0 Å². The molecule has 1 heterocycles. The van der Waals surface area contributed by atoms with Crippen molar-refractivity contribution in [2.24, 2.45) is 0 Å². The minimum atomic E-state index is -0.0202. The van der Waals surface area contributed by atoms with Gasteiger partial charge in [-0.1, -0.05) is 0 Å². The van der Waals surface area contributed by atoms with Crippen molar-refractivity contribution < 1.29 is 9.59 Å². The molecule has 1 saturated carbocycles. The maximum atomic E-state index is 11.4. The average Bonchev–Trinajstić information content (AvgIpc) is 2.57. The zero-order chi connectivity index (χ0) is 9.26. The van der Waals surface area contributed by atoms with Gasteiger partial charge in [-0.25, -0.2) is 0 Å². The van der Waals surface area contributed by atoms with Gasteiger partial charge in [0.15, 0.2) is 11.6 Å². The van der Waals surface area contributed by atoms with Crippen LogP contribution < -0.4 is 10.6 Å². The van der Waals surface area contributed by atoms with E-state index in [4.69, 9.17) is 0 Å². The van der Waals surface area contributed by atoms with E-state index in [9.17, 15) is 9.59 Å². The molecule has 0 atom stereocenters. The fraction of sp³-hybridized carbons (Fsp3) is 0.556. The van der Waals surface area contributed by atoms with Crippen LogP contribution in [0.5, 0.6) is 0 Å². The Morgan fingerprint density at radius 1 is 0.923 bits per heavy atom. The van der Waals surface area contributed by atoms with Gasteiger partial charge >= 0.3 is 0 Å². The van der Waals surface area contributed by atoms with Crippen LogP contribution in [0.25, 0.3) is 0 Å². The van der Waals surface area contributed by atoms with E-state index in [1.54, 1.807) is 0 Å². The Morgan fingerprint density at radius 2 is 1.46 bits per heavy atom. The molecule has 0 aromatic heterocycles. The van der Waals surface area contributed by atoms with E-state index in [0.717, 1.165) is 13.1 Å². The third kappa shape index (κ3) is 1.43. The van der Waals surface area contributed by atoms with Crippen molar-refractivity contribution in [3.8, 4) is 0 Å². The van der Waals surface area contributed by atoms with Gasteiger partial charge in [-0.15, -0.1) is 0 Å². The van der Waals surface area contributed by atoms with Crippen LogP contribution in [0, 0.1) is 0 Å². The molecular weight excluding hydrogens is 168 g/mol. The molecule has 0 amide bonds. The second kappa shape index (κ2) is 3.20. The molecule has 70 valence electrons. The zero-order valence-corrected chi connectivity index (χ0v) is 7.35. The molecule has 0 bridgehead atoms. The minimum absolute atomic E-state index is 0.0202. The second-order valence-corrected chi connectivity index (χ2v) is 3.30. The Balaban J connectivity index is 2.31. The molecule has 2 N–H and O–H groups in total. The molecule has 2 fully saturated rings. The number of ketones is 2. The highest BCUT2D eigenvalue weighted by molar-refractivity contribution is 6.22. The van der Waals surface area contributed by atoms with Gasteiger partial charge in [0.25, 0.3) is 0 Å². The zero-order valence-electron chi connectivity index (χ0n) is 7.35. The van der Waals surface area contributed by atoms with E-state index in [2.05, 4.69) is 10.6 Å². The van der Waals surface area contributed by atoms with Crippen molar-refractivity contribution in [1.29, 1.82) is 0 Å². The van der Waals surface area contributed by atoms with Crippen molar-refractivity contribution in [2.45, 2.75) is 19.3 Å². The molecule has 4 nitrogen and oxygen atoms in total. The lowest BCUT2D eigenvalue weighted by atomic mass is 9.92. The monoisotopic (exact) mass is 180 g/mol. The predicted molar refractivity (Wildman–Crippen MR) is 46.9 cm³/mol. The largest absolute Gasteiger partial charge is 0.369 e. The Kier molecular flexibility index (Phi) is 2.04. The first-order chi connectivity index (χ1) is 6.29. The lowest BCUT2D eigenvalue weighted by Gasteiger charge is -2.14. The molecule has 1 aliphatic heterocycles. The highest BCUT2D eigenvalue weighted by atomic mass is 16.1. The van der Waals surface area contributed by atoms with Crippen molar-refractivity contribution in [2.75, 3.05) is 13.1 Å². The molecular formula is C9H12N2O2. The lowest BCUT2D eigenvalue weighted by Crippen LogP contribution is -2.26. The molecule has 0 aromatic carbocycles. The Labute approximate surface area is 76.4 Å². The summed E-state index contributed by atoms with van der Waals surface area (Å²) in [5.74, 6) is 0.607. The van der Waals surface area contributed by atoms with Crippen LogP contribution >= 0.6 is 0 Å². The number of rotatable bonds is 0. The summed E-state index contributed by atoms with van der Waals surface area (Å²) in [5, 5.41) is 6.03. The number of Topliss-reactive ketones (excluding diaryl/α,β-unsaturated/α-hetero) is 2. The molecule has 0 aromatic rings. The average molecular weight is 180 g/mol. The standard InChI is InChI=1S/C9H12N2O2/c12-6-2-1-3-7(13)8(6)9-10-4-5-11-9/h10-11H,1-5H2. The molecule has 4 heteroatoms. The van der Waals surface area contributed by atoms with E-state index >= 15 is 0 Å². The summed E-state index contributed by atoms with van der Waals surface area (Å²) in [6.07, 6.45) is 1.72. The smallest absolute Gasteiger partial charge is 0.170 e. The number of hydrogen-bond donors (Lipinski definition) is 2. The van der Waals surface area contributed by atoms with Crippen LogP contribution in [-0.4, -0.2) is 24.7 Å². The minimum Gasteiger partial charge on any atom is -0.369 e. The maximum absolute atomic E-state index is 11.4. The highest BCUT2D eigenvalue weighted by Gasteiger charge is 2.27. The van der Waals surface area contributed by atoms with Crippen LogP contribution in [0.15, 0.2) is 11.4 Å². The summed E-state index contributed by atoms with van der Waals surface area (Å²) in [6, 6.07) is 0. The van der Waals surface area contributed by atoms with Crippen molar-refractivity contribution in [1.82, 2.24) is 10.6 Å². The van der Waals surface area contributed by atoms with Crippen LogP contribution in [0.3, 0.4) is 0 Å². The van der Waals surface area contributed by atoms with E-state index in [1.807, 2.05) is 0 Å². The molecule has 2 aliphatic rings. The maximum Gasteiger partial charge on any atom is 0.170 e. The molecule has 2 rings (SSSR count). The molecule has 0 spiro atoms. The molecule has 1 saturated heterocycles. The quantitative estimate of drug-likeness (QED) is 0.397. The molecule has 0 radical (unpaired) electrons. The topological polar surface area (TPSA) is 58.2 Å². The SMILES string of the molecule is O=C1CCCC(=O)C1=C1NCCN1. The van der Waals surface area contributed by atoms with Crippen LogP contribution in [-0.2, 0) is 9.59 Å². The third-order valence-electron chi connectivity index (χ3n) is 2.34. The molecule has 0 unspecified atom stereocenters. The van der Waals surface area contributed by atoms with Crippen molar-refractivity contribution >= 4 is 11.6 Å². The summed E-state index contributed by atoms with van der Waals surface area (Å²) in [7, 11) is 0. The number of allylic oxidation sites excluding steroid dienone is 1. The fourth-order valence-corrected chi connectivity index (χ4v) is 1.71. The third-order valence-corrected chi connectivity index (χ3v) is 2.34. The Morgan fingerprint density at radius 3 is 2.00 bits per heavy atom. The Hall–Kier alpha value is -1.32. The van der Waals surface area contributed by atoms with Gasteiger partial charge in [-0.2, -0.15) is 0 Å². The van der Waals surface area contributed by atoms with Gasteiger partial charge in [-0.05, 0) is 6.42 Å². The molecule has 1 aliphatic carbocycles. The Bertz CT molecular complexity index is 268. The normalized spacial score (nSPS) is 23.1. The number of carbonyl (C=O) groups is 2. The second-order valence-electron chi connectivity index (χ2n) is 3.30. The number of hydrogen-bond acceptors (Lipinski definition) is 4. The van der Waals surface area contributed by atoms with Gasteiger partial charge in [0.05, 0.1) is 0 Å². The van der Waals surface area contributed by atoms with Crippen LogP contribution in [0.1, 0.15) is 19.3 Å². The van der Waals surface area contributed by atoms with Crippen LogP contribution in [0.4, 0.5) is 0 Å². The van der Waals surface area contributed by atoms with Crippen molar-refractivity contribution in [3.05, 3.63) is 11.4 Å². The summed E-state index contributed by atoms with van der Waals surface area (Å²) in [5.41, 5.74) is 0.365. The van der Waals surface area contributed by atoms with E-state index in [0.29, 0.717) is 30.7 Å². The van der Waals surface area contributed by atoms with Crippen molar-refractivity contribution in [3.63, 3.8) is 0 Å². The predicted octanol–water partition coefficient (Wildman–Crippen LogP) is -0.287. The summed E-state index contributed by atoms with van der Waals surface area (Å²) in [4.78, 5) is 22.9. The number of carbonyl (C=O) groups excluding carboxylic acids is 2. The van der Waals surface area contributed by atoms with E-state index < -0.39 is 0 Å². The summed E-state index contributed by atoms with van der Waals surface area (Å²) in [6.45, 7) is 1.58. The van der Waals surface area contributed by atoms with Gasteiger partial charge < -0.3 is 10.6 Å². The first-order valence-electron chi connectivity index (χ1n) is 4.57.